The Morgan fingerprint density at radius 1 is 0.500 bits per heavy atom. The minimum absolute atomic E-state index is 0.140. The highest BCUT2D eigenvalue weighted by Gasteiger charge is 2.46. The molecule has 1 aromatic heterocycles. The molecule has 0 amide bonds. The highest BCUT2D eigenvalue weighted by molar-refractivity contribution is 6.06. The molecule has 0 spiro atoms. The van der Waals surface area contributed by atoms with Crippen molar-refractivity contribution in [3.63, 3.8) is 0 Å². The van der Waals surface area contributed by atoms with Crippen molar-refractivity contribution in [3.8, 4) is 22.3 Å². The second kappa shape index (κ2) is 9.97. The van der Waals surface area contributed by atoms with Gasteiger partial charge in [-0.15, -0.1) is 0 Å². The molecule has 0 saturated carbocycles. The van der Waals surface area contributed by atoms with Gasteiger partial charge in [0.05, 0.1) is 11.4 Å². The van der Waals surface area contributed by atoms with E-state index in [1.165, 1.54) is 56.6 Å². The Kier molecular flexibility index (Phi) is 6.04. The number of hydrogen-bond donors (Lipinski definition) is 0. The first-order valence-corrected chi connectivity index (χ1v) is 17.2. The fourth-order valence-electron chi connectivity index (χ4n) is 9.29. The van der Waals surface area contributed by atoms with E-state index in [1.54, 1.807) is 0 Å². The monoisotopic (exact) mass is 623 g/mol. The van der Waals surface area contributed by atoms with Gasteiger partial charge in [0.15, 0.2) is 0 Å². The van der Waals surface area contributed by atoms with E-state index in [4.69, 9.17) is 4.42 Å². The summed E-state index contributed by atoms with van der Waals surface area (Å²) >= 11 is 0. The van der Waals surface area contributed by atoms with Crippen LogP contribution in [0.15, 0.2) is 132 Å². The minimum Gasteiger partial charge on any atom is -0.456 e. The second-order valence-corrected chi connectivity index (χ2v) is 15.7. The molecule has 0 N–H and O–H groups in total. The Morgan fingerprint density at radius 3 is 1.96 bits per heavy atom. The third kappa shape index (κ3) is 4.11. The summed E-state index contributed by atoms with van der Waals surface area (Å²) in [5, 5.41) is 2.28. The molecule has 0 radical (unpaired) electrons. The first-order valence-electron chi connectivity index (χ1n) is 17.2. The zero-order valence-corrected chi connectivity index (χ0v) is 28.7. The molecular formula is C46H41NO. The number of hydrogen-bond acceptors (Lipinski definition) is 2. The molecule has 0 saturated heterocycles. The summed E-state index contributed by atoms with van der Waals surface area (Å²) in [5.41, 5.74) is 16.2. The maximum Gasteiger partial charge on any atom is 0.137 e. The molecule has 2 nitrogen and oxygen atoms in total. The van der Waals surface area contributed by atoms with E-state index in [0.717, 1.165) is 33.3 Å². The van der Waals surface area contributed by atoms with Crippen molar-refractivity contribution in [2.75, 3.05) is 4.90 Å². The van der Waals surface area contributed by atoms with E-state index in [1.807, 2.05) is 6.07 Å². The molecule has 9 rings (SSSR count). The highest BCUT2D eigenvalue weighted by atomic mass is 16.3. The first kappa shape index (κ1) is 29.1. The van der Waals surface area contributed by atoms with Crippen LogP contribution in [-0.4, -0.2) is 0 Å². The van der Waals surface area contributed by atoms with Gasteiger partial charge in [-0.2, -0.15) is 0 Å². The molecule has 0 fully saturated rings. The molecule has 6 aromatic carbocycles. The van der Waals surface area contributed by atoms with E-state index >= 15 is 0 Å². The highest BCUT2D eigenvalue weighted by Crippen LogP contribution is 2.59. The summed E-state index contributed by atoms with van der Waals surface area (Å²) in [4.78, 5) is 2.48. The zero-order chi connectivity index (χ0) is 33.0. The number of fused-ring (bicyclic) bond motifs is 7. The molecular weight excluding hydrogens is 583 g/mol. The van der Waals surface area contributed by atoms with Crippen LogP contribution in [0.2, 0.25) is 0 Å². The summed E-state index contributed by atoms with van der Waals surface area (Å²) < 4.78 is 6.47. The lowest BCUT2D eigenvalue weighted by Crippen LogP contribution is -2.21. The number of para-hydroxylation sites is 2. The predicted molar refractivity (Wildman–Crippen MR) is 202 cm³/mol. The Balaban J connectivity index is 1.32. The molecule has 48 heavy (non-hydrogen) atoms. The molecule has 0 bridgehead atoms. The quantitative estimate of drug-likeness (QED) is 0.194. The van der Waals surface area contributed by atoms with Gasteiger partial charge < -0.3 is 9.32 Å². The van der Waals surface area contributed by atoms with Crippen LogP contribution in [-0.2, 0) is 16.2 Å². The fourth-order valence-corrected chi connectivity index (χ4v) is 9.29. The lowest BCUT2D eigenvalue weighted by atomic mass is 9.78. The van der Waals surface area contributed by atoms with Crippen LogP contribution < -0.4 is 4.90 Å². The standard InChI is InChI=1S/C46H41NO/c1-44(2)28-45(3,4)38-27-36-35(26-37(38)44)34-19-14-21-40(43(34)46(36,5)6)47(39-20-12-10-17-31(39)29-15-8-7-9-16-29)30-23-24-33-32-18-11-13-22-41(32)48-42(33)25-30/h7-27H,28H2,1-6H3. The second-order valence-electron chi connectivity index (χ2n) is 15.7. The van der Waals surface area contributed by atoms with E-state index in [2.05, 4.69) is 168 Å². The Bertz CT molecular complexity index is 2410. The average molecular weight is 624 g/mol. The van der Waals surface area contributed by atoms with Gasteiger partial charge in [-0.1, -0.05) is 126 Å². The van der Waals surface area contributed by atoms with Crippen molar-refractivity contribution in [3.05, 3.63) is 150 Å². The van der Waals surface area contributed by atoms with E-state index in [0.29, 0.717) is 0 Å². The van der Waals surface area contributed by atoms with Gasteiger partial charge in [-0.3, -0.25) is 0 Å². The van der Waals surface area contributed by atoms with E-state index < -0.39 is 0 Å². The van der Waals surface area contributed by atoms with Crippen molar-refractivity contribution >= 4 is 39.0 Å². The molecule has 0 unspecified atom stereocenters. The van der Waals surface area contributed by atoms with Crippen molar-refractivity contribution in [1.82, 2.24) is 0 Å². The summed E-state index contributed by atoms with van der Waals surface area (Å²) in [6.45, 7) is 14.5. The number of furan rings is 1. The summed E-state index contributed by atoms with van der Waals surface area (Å²) in [5.74, 6) is 0. The van der Waals surface area contributed by atoms with Gasteiger partial charge >= 0.3 is 0 Å². The minimum atomic E-state index is -0.206. The van der Waals surface area contributed by atoms with E-state index in [9.17, 15) is 0 Å². The zero-order valence-electron chi connectivity index (χ0n) is 28.7. The lowest BCUT2D eigenvalue weighted by molar-refractivity contribution is 0.403. The third-order valence-electron chi connectivity index (χ3n) is 11.2. The van der Waals surface area contributed by atoms with Crippen LogP contribution in [0, 0.1) is 0 Å². The maximum atomic E-state index is 6.47. The topological polar surface area (TPSA) is 16.4 Å². The number of rotatable bonds is 4. The van der Waals surface area contributed by atoms with Crippen LogP contribution in [0.4, 0.5) is 17.1 Å². The molecule has 2 aliphatic rings. The van der Waals surface area contributed by atoms with Crippen molar-refractivity contribution in [1.29, 1.82) is 0 Å². The molecule has 2 heteroatoms. The average Bonchev–Trinajstić information content (AvgIpc) is 3.63. The Hall–Kier alpha value is -5.08. The van der Waals surface area contributed by atoms with Crippen LogP contribution in [0.25, 0.3) is 44.2 Å². The molecule has 7 aromatic rings. The van der Waals surface area contributed by atoms with Crippen molar-refractivity contribution in [2.24, 2.45) is 0 Å². The molecule has 0 atom stereocenters. The molecule has 0 aliphatic heterocycles. The summed E-state index contributed by atoms with van der Waals surface area (Å²) in [6, 6.07) is 46.6. The Morgan fingerprint density at radius 2 is 1.15 bits per heavy atom. The fraction of sp³-hybridized carbons (Fsp3) is 0.217. The van der Waals surface area contributed by atoms with Gasteiger partial charge in [0.1, 0.15) is 11.2 Å². The number of benzene rings is 6. The Labute approximate surface area is 283 Å². The van der Waals surface area contributed by atoms with E-state index in [-0.39, 0.29) is 16.2 Å². The molecule has 2 aliphatic carbocycles. The summed E-state index contributed by atoms with van der Waals surface area (Å²) in [7, 11) is 0. The largest absolute Gasteiger partial charge is 0.456 e. The number of anilines is 3. The summed E-state index contributed by atoms with van der Waals surface area (Å²) in [6.07, 6.45) is 1.17. The van der Waals surface area contributed by atoms with Gasteiger partial charge in [0.25, 0.3) is 0 Å². The van der Waals surface area contributed by atoms with Crippen molar-refractivity contribution in [2.45, 2.75) is 64.2 Å². The van der Waals surface area contributed by atoms with Crippen LogP contribution >= 0.6 is 0 Å². The molecule has 236 valence electrons. The smallest absolute Gasteiger partial charge is 0.137 e. The third-order valence-corrected chi connectivity index (χ3v) is 11.2. The van der Waals surface area contributed by atoms with Crippen LogP contribution in [0.5, 0.6) is 0 Å². The van der Waals surface area contributed by atoms with Crippen molar-refractivity contribution < 1.29 is 4.42 Å². The van der Waals surface area contributed by atoms with Gasteiger partial charge in [-0.25, -0.2) is 0 Å². The van der Waals surface area contributed by atoms with Gasteiger partial charge in [-0.05, 0) is 92.6 Å². The van der Waals surface area contributed by atoms with Crippen LogP contribution in [0.1, 0.15) is 70.2 Å². The normalized spacial score (nSPS) is 16.5. The number of nitrogens with zero attached hydrogens (tertiary/aromatic N) is 1. The van der Waals surface area contributed by atoms with Gasteiger partial charge in [0, 0.05) is 33.5 Å². The molecule has 1 heterocycles. The lowest BCUT2D eigenvalue weighted by Gasteiger charge is -2.33. The first-order chi connectivity index (χ1) is 23.0. The van der Waals surface area contributed by atoms with Crippen LogP contribution in [0.3, 0.4) is 0 Å². The van der Waals surface area contributed by atoms with Gasteiger partial charge in [0.2, 0.25) is 0 Å². The maximum absolute atomic E-state index is 6.47. The predicted octanol–water partition coefficient (Wildman–Crippen LogP) is 13.0. The SMILES string of the molecule is CC1(C)CC(C)(C)c2cc3c(cc21)-c1cccc(N(c2ccc4c(c2)oc2ccccc24)c2ccccc2-c2ccccc2)c1C3(C)C.